The van der Waals surface area contributed by atoms with Gasteiger partial charge in [0.2, 0.25) is 0 Å². The number of aromatic nitrogens is 2. The SMILES string of the molecule is Cc1noc(C)c1S(=O)(=O)Nc1ccc(NCCCN(C)C)cn1. The van der Waals surface area contributed by atoms with Crippen LogP contribution in [0.1, 0.15) is 17.9 Å². The lowest BCUT2D eigenvalue weighted by Crippen LogP contribution is -2.17. The Kier molecular flexibility index (Phi) is 5.79. The van der Waals surface area contributed by atoms with Gasteiger partial charge in [0.05, 0.1) is 11.9 Å². The molecule has 0 aliphatic carbocycles. The molecule has 9 heteroatoms. The minimum absolute atomic E-state index is 0.0511. The zero-order valence-electron chi connectivity index (χ0n) is 14.3. The highest BCUT2D eigenvalue weighted by molar-refractivity contribution is 7.92. The third kappa shape index (κ3) is 4.68. The number of hydrogen-bond donors (Lipinski definition) is 2. The smallest absolute Gasteiger partial charge is 0.268 e. The molecule has 2 rings (SSSR count). The normalized spacial score (nSPS) is 11.7. The van der Waals surface area contributed by atoms with Crippen LogP contribution in [0.4, 0.5) is 11.5 Å². The first kappa shape index (κ1) is 18.2. The van der Waals surface area contributed by atoms with Gasteiger partial charge in [-0.2, -0.15) is 0 Å². The van der Waals surface area contributed by atoms with Crippen molar-refractivity contribution in [2.75, 3.05) is 37.2 Å². The van der Waals surface area contributed by atoms with Crippen molar-refractivity contribution in [2.45, 2.75) is 25.2 Å². The largest absolute Gasteiger partial charge is 0.384 e. The van der Waals surface area contributed by atoms with E-state index in [0.717, 1.165) is 25.2 Å². The molecule has 2 N–H and O–H groups in total. The summed E-state index contributed by atoms with van der Waals surface area (Å²) < 4.78 is 32.1. The van der Waals surface area contributed by atoms with Gasteiger partial charge in [-0.3, -0.25) is 4.72 Å². The molecule has 0 spiro atoms. The van der Waals surface area contributed by atoms with E-state index in [9.17, 15) is 8.42 Å². The molecule has 24 heavy (non-hydrogen) atoms. The minimum Gasteiger partial charge on any atom is -0.384 e. The van der Waals surface area contributed by atoms with Crippen LogP contribution < -0.4 is 10.0 Å². The van der Waals surface area contributed by atoms with Crippen molar-refractivity contribution in [3.8, 4) is 0 Å². The first-order valence-electron chi connectivity index (χ1n) is 7.60. The fourth-order valence-electron chi connectivity index (χ4n) is 2.23. The van der Waals surface area contributed by atoms with Crippen LogP contribution >= 0.6 is 0 Å². The maximum atomic E-state index is 12.4. The number of hydrogen-bond acceptors (Lipinski definition) is 7. The molecule has 0 aliphatic heterocycles. The number of nitrogens with zero attached hydrogens (tertiary/aromatic N) is 3. The molecular weight excluding hydrogens is 330 g/mol. The summed E-state index contributed by atoms with van der Waals surface area (Å²) in [6, 6.07) is 3.40. The third-order valence-corrected chi connectivity index (χ3v) is 4.95. The van der Waals surface area contributed by atoms with E-state index in [1.807, 2.05) is 14.1 Å². The fourth-order valence-corrected chi connectivity index (χ4v) is 3.57. The number of anilines is 2. The number of nitrogens with one attached hydrogen (secondary N) is 2. The second-order valence-corrected chi connectivity index (χ2v) is 7.39. The molecule has 0 amide bonds. The van der Waals surface area contributed by atoms with Crippen molar-refractivity contribution in [2.24, 2.45) is 0 Å². The standard InChI is InChI=1S/C15H23N5O3S/c1-11-15(12(2)23-18-11)24(21,22)19-14-7-6-13(10-17-14)16-8-5-9-20(3)4/h6-7,10,16H,5,8-9H2,1-4H3,(H,17,19). The molecule has 0 radical (unpaired) electrons. The fraction of sp³-hybridized carbons (Fsp3) is 0.467. The topological polar surface area (TPSA) is 100 Å². The average Bonchev–Trinajstić information content (AvgIpc) is 2.84. The summed E-state index contributed by atoms with van der Waals surface area (Å²) >= 11 is 0. The van der Waals surface area contributed by atoms with Gasteiger partial charge in [0, 0.05) is 6.54 Å². The van der Waals surface area contributed by atoms with Gasteiger partial charge < -0.3 is 14.7 Å². The predicted octanol–water partition coefficient (Wildman–Crippen LogP) is 1.85. The van der Waals surface area contributed by atoms with Crippen molar-refractivity contribution in [3.63, 3.8) is 0 Å². The lowest BCUT2D eigenvalue weighted by molar-refractivity contribution is 0.390. The highest BCUT2D eigenvalue weighted by Gasteiger charge is 2.24. The first-order valence-corrected chi connectivity index (χ1v) is 9.08. The minimum atomic E-state index is -3.77. The maximum absolute atomic E-state index is 12.4. The van der Waals surface area contributed by atoms with Crippen LogP contribution in [-0.4, -0.2) is 50.6 Å². The van der Waals surface area contributed by atoms with Gasteiger partial charge in [-0.1, -0.05) is 5.16 Å². The zero-order chi connectivity index (χ0) is 17.7. The van der Waals surface area contributed by atoms with Gasteiger partial charge >= 0.3 is 0 Å². The summed E-state index contributed by atoms with van der Waals surface area (Å²) in [6.45, 7) is 4.96. The van der Waals surface area contributed by atoms with Crippen LogP contribution in [0.15, 0.2) is 27.7 Å². The Morgan fingerprint density at radius 1 is 1.25 bits per heavy atom. The molecule has 0 aliphatic rings. The van der Waals surface area contributed by atoms with E-state index in [2.05, 4.69) is 25.1 Å². The van der Waals surface area contributed by atoms with E-state index in [4.69, 9.17) is 4.52 Å². The number of rotatable bonds is 8. The summed E-state index contributed by atoms with van der Waals surface area (Å²) in [5, 5.41) is 6.91. The Labute approximate surface area is 142 Å². The molecule has 8 nitrogen and oxygen atoms in total. The summed E-state index contributed by atoms with van der Waals surface area (Å²) in [5.41, 5.74) is 1.16. The van der Waals surface area contributed by atoms with E-state index >= 15 is 0 Å². The molecule has 2 aromatic heterocycles. The van der Waals surface area contributed by atoms with E-state index in [1.54, 1.807) is 32.2 Å². The van der Waals surface area contributed by atoms with Gasteiger partial charge in [-0.05, 0) is 53.0 Å². The predicted molar refractivity (Wildman–Crippen MR) is 92.7 cm³/mol. The second-order valence-electron chi connectivity index (χ2n) is 5.77. The third-order valence-electron chi connectivity index (χ3n) is 3.35. The van der Waals surface area contributed by atoms with Crippen LogP contribution in [0.2, 0.25) is 0 Å². The van der Waals surface area contributed by atoms with Crippen molar-refractivity contribution < 1.29 is 12.9 Å². The van der Waals surface area contributed by atoms with E-state index in [0.29, 0.717) is 5.69 Å². The van der Waals surface area contributed by atoms with Gasteiger partial charge in [-0.15, -0.1) is 0 Å². The first-order chi connectivity index (χ1) is 11.3. The molecule has 0 saturated carbocycles. The average molecular weight is 353 g/mol. The molecule has 0 atom stereocenters. The molecule has 0 saturated heterocycles. The van der Waals surface area contributed by atoms with Gasteiger partial charge in [0.15, 0.2) is 10.7 Å². The van der Waals surface area contributed by atoms with Crippen LogP contribution in [0.5, 0.6) is 0 Å². The highest BCUT2D eigenvalue weighted by atomic mass is 32.2. The van der Waals surface area contributed by atoms with Crippen molar-refractivity contribution in [1.82, 2.24) is 15.0 Å². The molecule has 0 aromatic carbocycles. The van der Waals surface area contributed by atoms with Gasteiger partial charge in [-0.25, -0.2) is 13.4 Å². The van der Waals surface area contributed by atoms with Gasteiger partial charge in [0.1, 0.15) is 11.5 Å². The van der Waals surface area contributed by atoms with E-state index < -0.39 is 10.0 Å². The molecule has 132 valence electrons. The Morgan fingerprint density at radius 3 is 2.54 bits per heavy atom. The molecule has 0 bridgehead atoms. The Hall–Kier alpha value is -2.13. The summed E-state index contributed by atoms with van der Waals surface area (Å²) in [5.74, 6) is 0.494. The van der Waals surface area contributed by atoms with Crippen LogP contribution in [0.3, 0.4) is 0 Å². The quantitative estimate of drug-likeness (QED) is 0.699. The molecular formula is C15H23N5O3S. The lowest BCUT2D eigenvalue weighted by Gasteiger charge is -2.11. The summed E-state index contributed by atoms with van der Waals surface area (Å²) in [4.78, 5) is 6.30. The molecule has 2 aromatic rings. The van der Waals surface area contributed by atoms with Crippen LogP contribution in [-0.2, 0) is 10.0 Å². The highest BCUT2D eigenvalue weighted by Crippen LogP contribution is 2.21. The Morgan fingerprint density at radius 2 is 2.00 bits per heavy atom. The van der Waals surface area contributed by atoms with Crippen LogP contribution in [0.25, 0.3) is 0 Å². The maximum Gasteiger partial charge on any atom is 0.268 e. The monoisotopic (exact) mass is 353 g/mol. The molecule has 0 unspecified atom stereocenters. The lowest BCUT2D eigenvalue weighted by atomic mass is 10.3. The second kappa shape index (κ2) is 7.63. The number of sulfonamides is 1. The van der Waals surface area contributed by atoms with E-state index in [-0.39, 0.29) is 16.5 Å². The Balaban J connectivity index is 1.99. The van der Waals surface area contributed by atoms with Crippen molar-refractivity contribution in [3.05, 3.63) is 29.8 Å². The zero-order valence-corrected chi connectivity index (χ0v) is 15.1. The van der Waals surface area contributed by atoms with E-state index in [1.165, 1.54) is 0 Å². The summed E-state index contributed by atoms with van der Waals surface area (Å²) in [6.07, 6.45) is 2.61. The Bertz CT molecular complexity index is 749. The van der Waals surface area contributed by atoms with Crippen molar-refractivity contribution >= 4 is 21.5 Å². The van der Waals surface area contributed by atoms with Crippen molar-refractivity contribution in [1.29, 1.82) is 0 Å². The summed E-state index contributed by atoms with van der Waals surface area (Å²) in [7, 11) is 0.289. The number of pyridine rings is 1. The molecule has 2 heterocycles. The molecule has 0 fully saturated rings. The number of aryl methyl sites for hydroxylation is 2. The van der Waals surface area contributed by atoms with Gasteiger partial charge in [0.25, 0.3) is 10.0 Å². The van der Waals surface area contributed by atoms with Crippen LogP contribution in [0, 0.1) is 13.8 Å².